The molecule has 1 aromatic rings. The van der Waals surface area contributed by atoms with Crippen molar-refractivity contribution in [2.24, 2.45) is 11.8 Å². The smallest absolute Gasteiger partial charge is 0.126 e. The molecular weight excluding hydrogens is 244 g/mol. The molecule has 0 heterocycles. The van der Waals surface area contributed by atoms with Gasteiger partial charge in [-0.25, -0.2) is 8.78 Å². The summed E-state index contributed by atoms with van der Waals surface area (Å²) in [6.45, 7) is 10.1. The standard InChI is InChI=1S/C16H23F2N/c1-11(2)9-19-10-14(12(3)4)5-13-6-15(17)8-16(18)7-13/h5-8,11-12,19H,9-10H2,1-4H3/b14-5-. The lowest BCUT2D eigenvalue weighted by Crippen LogP contribution is -2.23. The summed E-state index contributed by atoms with van der Waals surface area (Å²) in [5.41, 5.74) is 1.72. The summed E-state index contributed by atoms with van der Waals surface area (Å²) in [7, 11) is 0. The number of halogens is 2. The van der Waals surface area contributed by atoms with Crippen molar-refractivity contribution in [2.75, 3.05) is 13.1 Å². The Hall–Kier alpha value is -1.22. The van der Waals surface area contributed by atoms with Crippen LogP contribution in [0.5, 0.6) is 0 Å². The second-order valence-electron chi connectivity index (χ2n) is 5.60. The third kappa shape index (κ3) is 5.97. The van der Waals surface area contributed by atoms with Crippen LogP contribution in [0.25, 0.3) is 6.08 Å². The van der Waals surface area contributed by atoms with Gasteiger partial charge in [0.15, 0.2) is 0 Å². The summed E-state index contributed by atoms with van der Waals surface area (Å²) in [6, 6.07) is 3.60. The molecule has 0 saturated carbocycles. The first-order chi connectivity index (χ1) is 8.88. The number of benzene rings is 1. The predicted octanol–water partition coefficient (Wildman–Crippen LogP) is 4.25. The van der Waals surface area contributed by atoms with Gasteiger partial charge in [0, 0.05) is 12.6 Å². The van der Waals surface area contributed by atoms with Crippen LogP contribution in [0.4, 0.5) is 8.78 Å². The van der Waals surface area contributed by atoms with E-state index >= 15 is 0 Å². The van der Waals surface area contributed by atoms with E-state index in [1.807, 2.05) is 6.08 Å². The molecule has 1 aromatic carbocycles. The third-order valence-electron chi connectivity index (χ3n) is 2.86. The van der Waals surface area contributed by atoms with Gasteiger partial charge in [-0.1, -0.05) is 39.3 Å². The molecule has 1 N–H and O–H groups in total. The molecule has 0 aliphatic rings. The average Bonchev–Trinajstić information content (AvgIpc) is 2.25. The molecule has 0 aliphatic heterocycles. The lowest BCUT2D eigenvalue weighted by Gasteiger charge is -2.14. The molecule has 0 atom stereocenters. The van der Waals surface area contributed by atoms with E-state index in [0.717, 1.165) is 24.7 Å². The highest BCUT2D eigenvalue weighted by Crippen LogP contribution is 2.16. The monoisotopic (exact) mass is 267 g/mol. The molecule has 0 saturated heterocycles. The highest BCUT2D eigenvalue weighted by molar-refractivity contribution is 5.53. The second-order valence-corrected chi connectivity index (χ2v) is 5.60. The molecule has 0 amide bonds. The summed E-state index contributed by atoms with van der Waals surface area (Å²) in [4.78, 5) is 0. The SMILES string of the molecule is CC(C)CNC/C(=C/c1cc(F)cc(F)c1)C(C)C. The van der Waals surface area contributed by atoms with Crippen LogP contribution in [0.15, 0.2) is 23.8 Å². The van der Waals surface area contributed by atoms with Crippen molar-refractivity contribution in [1.29, 1.82) is 0 Å². The van der Waals surface area contributed by atoms with Crippen LogP contribution in [0.2, 0.25) is 0 Å². The van der Waals surface area contributed by atoms with Gasteiger partial charge in [0.05, 0.1) is 0 Å². The molecule has 1 rings (SSSR count). The molecule has 0 unspecified atom stereocenters. The van der Waals surface area contributed by atoms with E-state index in [1.54, 1.807) is 0 Å². The van der Waals surface area contributed by atoms with E-state index in [4.69, 9.17) is 0 Å². The fourth-order valence-electron chi connectivity index (χ4n) is 1.80. The lowest BCUT2D eigenvalue weighted by molar-refractivity contribution is 0.558. The normalized spacial score (nSPS) is 12.5. The van der Waals surface area contributed by atoms with Crippen molar-refractivity contribution in [3.63, 3.8) is 0 Å². The Morgan fingerprint density at radius 3 is 2.16 bits per heavy atom. The lowest BCUT2D eigenvalue weighted by atomic mass is 10.00. The molecule has 1 nitrogen and oxygen atoms in total. The van der Waals surface area contributed by atoms with Crippen LogP contribution in [0.1, 0.15) is 33.3 Å². The van der Waals surface area contributed by atoms with Crippen LogP contribution >= 0.6 is 0 Å². The molecule has 106 valence electrons. The molecule has 0 fully saturated rings. The number of hydrogen-bond donors (Lipinski definition) is 1. The van der Waals surface area contributed by atoms with Crippen molar-refractivity contribution in [3.05, 3.63) is 41.0 Å². The average molecular weight is 267 g/mol. The Kier molecular flexibility index (Phi) is 6.16. The van der Waals surface area contributed by atoms with Crippen LogP contribution < -0.4 is 5.32 Å². The van der Waals surface area contributed by atoms with Crippen molar-refractivity contribution < 1.29 is 8.78 Å². The van der Waals surface area contributed by atoms with Crippen LogP contribution in [0.3, 0.4) is 0 Å². The summed E-state index contributed by atoms with van der Waals surface area (Å²) in [5.74, 6) is -0.153. The van der Waals surface area contributed by atoms with E-state index in [9.17, 15) is 8.78 Å². The number of hydrogen-bond acceptors (Lipinski definition) is 1. The van der Waals surface area contributed by atoms with Gasteiger partial charge in [0.25, 0.3) is 0 Å². The predicted molar refractivity (Wildman–Crippen MR) is 76.9 cm³/mol. The van der Waals surface area contributed by atoms with Crippen molar-refractivity contribution in [1.82, 2.24) is 5.32 Å². The van der Waals surface area contributed by atoms with E-state index in [-0.39, 0.29) is 0 Å². The fourth-order valence-corrected chi connectivity index (χ4v) is 1.80. The minimum atomic E-state index is -0.538. The molecule has 0 radical (unpaired) electrons. The maximum Gasteiger partial charge on any atom is 0.126 e. The van der Waals surface area contributed by atoms with Gasteiger partial charge in [-0.15, -0.1) is 0 Å². The van der Waals surface area contributed by atoms with E-state index < -0.39 is 11.6 Å². The zero-order valence-corrected chi connectivity index (χ0v) is 12.1. The topological polar surface area (TPSA) is 12.0 Å². The quantitative estimate of drug-likeness (QED) is 0.812. The Bertz CT molecular complexity index is 416. The highest BCUT2D eigenvalue weighted by Gasteiger charge is 2.05. The van der Waals surface area contributed by atoms with E-state index in [2.05, 4.69) is 33.0 Å². The Labute approximate surface area is 114 Å². The van der Waals surface area contributed by atoms with Gasteiger partial charge in [-0.2, -0.15) is 0 Å². The van der Waals surface area contributed by atoms with Gasteiger partial charge >= 0.3 is 0 Å². The summed E-state index contributed by atoms with van der Waals surface area (Å²) < 4.78 is 26.3. The zero-order valence-electron chi connectivity index (χ0n) is 12.1. The molecule has 0 aliphatic carbocycles. The third-order valence-corrected chi connectivity index (χ3v) is 2.86. The Balaban J connectivity index is 2.82. The van der Waals surface area contributed by atoms with Gasteiger partial charge in [0.2, 0.25) is 0 Å². The molecule has 3 heteroatoms. The number of rotatable bonds is 6. The largest absolute Gasteiger partial charge is 0.313 e. The fraction of sp³-hybridized carbons (Fsp3) is 0.500. The molecule has 0 spiro atoms. The first-order valence-corrected chi connectivity index (χ1v) is 6.75. The van der Waals surface area contributed by atoms with Crippen LogP contribution in [-0.4, -0.2) is 13.1 Å². The molecule has 0 bridgehead atoms. The van der Waals surface area contributed by atoms with Gasteiger partial charge in [-0.3, -0.25) is 0 Å². The Morgan fingerprint density at radius 2 is 1.68 bits per heavy atom. The summed E-state index contributed by atoms with van der Waals surface area (Å²) >= 11 is 0. The van der Waals surface area contributed by atoms with Crippen molar-refractivity contribution in [3.8, 4) is 0 Å². The zero-order chi connectivity index (χ0) is 14.4. The minimum Gasteiger partial charge on any atom is -0.313 e. The molecule has 0 aromatic heterocycles. The van der Waals surface area contributed by atoms with Gasteiger partial charge < -0.3 is 5.32 Å². The maximum atomic E-state index is 13.2. The Morgan fingerprint density at radius 1 is 1.11 bits per heavy atom. The van der Waals surface area contributed by atoms with Crippen molar-refractivity contribution >= 4 is 6.08 Å². The first-order valence-electron chi connectivity index (χ1n) is 6.75. The van der Waals surface area contributed by atoms with Crippen LogP contribution in [0, 0.1) is 23.5 Å². The van der Waals surface area contributed by atoms with Crippen molar-refractivity contribution in [2.45, 2.75) is 27.7 Å². The minimum absolute atomic E-state index is 0.339. The first kappa shape index (κ1) is 15.8. The van der Waals surface area contributed by atoms with E-state index in [1.165, 1.54) is 12.1 Å². The van der Waals surface area contributed by atoms with Gasteiger partial charge in [0.1, 0.15) is 11.6 Å². The maximum absolute atomic E-state index is 13.2. The summed E-state index contributed by atoms with van der Waals surface area (Å²) in [6.07, 6.45) is 1.87. The molecule has 19 heavy (non-hydrogen) atoms. The number of nitrogens with one attached hydrogen (secondary N) is 1. The van der Waals surface area contributed by atoms with E-state index in [0.29, 0.717) is 17.4 Å². The van der Waals surface area contributed by atoms with Crippen LogP contribution in [-0.2, 0) is 0 Å². The highest BCUT2D eigenvalue weighted by atomic mass is 19.1. The van der Waals surface area contributed by atoms with Gasteiger partial charge in [-0.05, 0) is 36.1 Å². The second kappa shape index (κ2) is 7.39. The summed E-state index contributed by atoms with van der Waals surface area (Å²) in [5, 5.41) is 3.36. The molecular formula is C16H23F2N.